The fourth-order valence-corrected chi connectivity index (χ4v) is 2.45. The molecule has 2 atom stereocenters. The lowest BCUT2D eigenvalue weighted by molar-refractivity contribution is 0.166. The van der Waals surface area contributed by atoms with Gasteiger partial charge in [0, 0.05) is 12.0 Å². The Kier molecular flexibility index (Phi) is 1.37. The zero-order valence-electron chi connectivity index (χ0n) is 7.26. The lowest BCUT2D eigenvalue weighted by Gasteiger charge is -2.25. The van der Waals surface area contributed by atoms with Gasteiger partial charge in [0.15, 0.2) is 0 Å². The molecule has 0 bridgehead atoms. The zero-order valence-corrected chi connectivity index (χ0v) is 7.26. The van der Waals surface area contributed by atoms with Crippen LogP contribution >= 0.6 is 0 Å². The molecule has 0 aromatic heterocycles. The summed E-state index contributed by atoms with van der Waals surface area (Å²) in [4.78, 5) is 0. The largest absolute Gasteiger partial charge is 0.396 e. The van der Waals surface area contributed by atoms with Gasteiger partial charge in [-0.2, -0.15) is 0 Å². The van der Waals surface area contributed by atoms with E-state index in [0.717, 1.165) is 19.6 Å². The molecule has 1 aliphatic carbocycles. The Morgan fingerprint density at radius 3 is 2.55 bits per heavy atom. The van der Waals surface area contributed by atoms with E-state index in [4.69, 9.17) is 9.84 Å². The molecule has 2 nitrogen and oxygen atoms in total. The number of aliphatic hydroxyl groups is 1. The van der Waals surface area contributed by atoms with Crippen molar-refractivity contribution >= 4 is 0 Å². The van der Waals surface area contributed by atoms with Crippen molar-refractivity contribution in [2.75, 3.05) is 19.8 Å². The third kappa shape index (κ3) is 0.798. The first-order chi connectivity index (χ1) is 5.12. The quantitative estimate of drug-likeness (QED) is 0.614. The molecule has 2 aliphatic rings. The van der Waals surface area contributed by atoms with Gasteiger partial charge in [0.25, 0.3) is 0 Å². The van der Waals surface area contributed by atoms with Gasteiger partial charge in [-0.15, -0.1) is 0 Å². The summed E-state index contributed by atoms with van der Waals surface area (Å²) in [5, 5.41) is 9.01. The van der Waals surface area contributed by atoms with Crippen LogP contribution in [0.1, 0.15) is 20.3 Å². The predicted octanol–water partition coefficient (Wildman–Crippen LogP) is 1.04. The molecule has 2 rings (SSSR count). The lowest BCUT2D eigenvalue weighted by Crippen LogP contribution is -2.26. The van der Waals surface area contributed by atoms with Crippen LogP contribution in [0.15, 0.2) is 0 Å². The van der Waals surface area contributed by atoms with Gasteiger partial charge in [-0.3, -0.25) is 0 Å². The summed E-state index contributed by atoms with van der Waals surface area (Å²) in [7, 11) is 0. The summed E-state index contributed by atoms with van der Waals surface area (Å²) >= 11 is 0. The van der Waals surface area contributed by atoms with Crippen LogP contribution in [-0.2, 0) is 4.74 Å². The Morgan fingerprint density at radius 2 is 2.18 bits per heavy atom. The first-order valence-electron chi connectivity index (χ1n) is 4.31. The summed E-state index contributed by atoms with van der Waals surface area (Å²) < 4.78 is 5.46. The van der Waals surface area contributed by atoms with Crippen molar-refractivity contribution in [2.24, 2.45) is 16.7 Å². The zero-order chi connectivity index (χ0) is 8.11. The van der Waals surface area contributed by atoms with Crippen LogP contribution in [0.3, 0.4) is 0 Å². The molecule has 2 heteroatoms. The molecule has 0 aromatic rings. The first kappa shape index (κ1) is 7.56. The molecule has 64 valence electrons. The molecular weight excluding hydrogens is 140 g/mol. The number of aliphatic hydroxyl groups excluding tert-OH is 1. The van der Waals surface area contributed by atoms with Crippen LogP contribution in [0, 0.1) is 16.7 Å². The molecule has 2 fully saturated rings. The van der Waals surface area contributed by atoms with Gasteiger partial charge in [0.1, 0.15) is 0 Å². The number of hydrogen-bond donors (Lipinski definition) is 1. The molecule has 1 saturated heterocycles. The van der Waals surface area contributed by atoms with Crippen LogP contribution in [0.5, 0.6) is 0 Å². The minimum Gasteiger partial charge on any atom is -0.396 e. The van der Waals surface area contributed by atoms with Gasteiger partial charge < -0.3 is 9.84 Å². The SMILES string of the molecule is CC1(C)COCC12CC2CO. The third-order valence-electron chi connectivity index (χ3n) is 3.62. The Labute approximate surface area is 67.6 Å². The first-order valence-corrected chi connectivity index (χ1v) is 4.31. The second kappa shape index (κ2) is 1.99. The molecular formula is C9H16O2. The maximum absolute atomic E-state index is 9.01. The second-order valence-electron chi connectivity index (χ2n) is 4.62. The van der Waals surface area contributed by atoms with Gasteiger partial charge in [-0.1, -0.05) is 13.8 Å². The smallest absolute Gasteiger partial charge is 0.0532 e. The standard InChI is InChI=1S/C9H16O2/c1-8(2)5-11-6-9(8)3-7(9)4-10/h7,10H,3-6H2,1-2H3. The molecule has 0 aromatic carbocycles. The monoisotopic (exact) mass is 156 g/mol. The van der Waals surface area contributed by atoms with E-state index in [1.165, 1.54) is 0 Å². The highest BCUT2D eigenvalue weighted by Gasteiger charge is 2.65. The Hall–Kier alpha value is -0.0800. The predicted molar refractivity (Wildman–Crippen MR) is 42.2 cm³/mol. The minimum atomic E-state index is 0.292. The topological polar surface area (TPSA) is 29.5 Å². The van der Waals surface area contributed by atoms with E-state index in [9.17, 15) is 0 Å². The molecule has 1 N–H and O–H groups in total. The normalized spacial score (nSPS) is 46.6. The van der Waals surface area contributed by atoms with Gasteiger partial charge in [-0.25, -0.2) is 0 Å². The van der Waals surface area contributed by atoms with Crippen LogP contribution in [0.4, 0.5) is 0 Å². The van der Waals surface area contributed by atoms with E-state index in [-0.39, 0.29) is 0 Å². The number of rotatable bonds is 1. The van der Waals surface area contributed by atoms with E-state index in [2.05, 4.69) is 13.8 Å². The summed E-state index contributed by atoms with van der Waals surface area (Å²) in [6.45, 7) is 6.56. The Bertz CT molecular complexity index is 176. The van der Waals surface area contributed by atoms with E-state index in [1.807, 2.05) is 0 Å². The average molecular weight is 156 g/mol. The van der Waals surface area contributed by atoms with E-state index < -0.39 is 0 Å². The Balaban J connectivity index is 2.15. The minimum absolute atomic E-state index is 0.292. The summed E-state index contributed by atoms with van der Waals surface area (Å²) in [5.41, 5.74) is 0.627. The van der Waals surface area contributed by atoms with Crippen molar-refractivity contribution in [1.29, 1.82) is 0 Å². The van der Waals surface area contributed by atoms with Gasteiger partial charge >= 0.3 is 0 Å². The summed E-state index contributed by atoms with van der Waals surface area (Å²) in [6, 6.07) is 0. The molecule has 1 spiro atoms. The van der Waals surface area contributed by atoms with Crippen molar-refractivity contribution in [3.8, 4) is 0 Å². The maximum Gasteiger partial charge on any atom is 0.0532 e. The van der Waals surface area contributed by atoms with Gasteiger partial charge in [0.05, 0.1) is 13.2 Å². The van der Waals surface area contributed by atoms with Crippen LogP contribution in [-0.4, -0.2) is 24.9 Å². The fraction of sp³-hybridized carbons (Fsp3) is 1.00. The molecule has 1 saturated carbocycles. The fourth-order valence-electron chi connectivity index (χ4n) is 2.45. The highest BCUT2D eigenvalue weighted by Crippen LogP contribution is 2.65. The molecule has 11 heavy (non-hydrogen) atoms. The lowest BCUT2D eigenvalue weighted by atomic mass is 9.77. The number of ether oxygens (including phenoxy) is 1. The molecule has 0 radical (unpaired) electrons. The van der Waals surface area contributed by atoms with E-state index in [0.29, 0.717) is 23.4 Å². The summed E-state index contributed by atoms with van der Waals surface area (Å²) in [5.74, 6) is 0.514. The van der Waals surface area contributed by atoms with E-state index in [1.54, 1.807) is 0 Å². The molecule has 1 heterocycles. The van der Waals surface area contributed by atoms with Crippen molar-refractivity contribution in [3.63, 3.8) is 0 Å². The van der Waals surface area contributed by atoms with E-state index >= 15 is 0 Å². The highest BCUT2D eigenvalue weighted by molar-refractivity contribution is 5.12. The second-order valence-corrected chi connectivity index (χ2v) is 4.62. The highest BCUT2D eigenvalue weighted by atomic mass is 16.5. The third-order valence-corrected chi connectivity index (χ3v) is 3.62. The molecule has 1 aliphatic heterocycles. The van der Waals surface area contributed by atoms with Crippen molar-refractivity contribution in [1.82, 2.24) is 0 Å². The van der Waals surface area contributed by atoms with Crippen LogP contribution < -0.4 is 0 Å². The number of hydrogen-bond acceptors (Lipinski definition) is 2. The molecule has 0 amide bonds. The summed E-state index contributed by atoms with van der Waals surface area (Å²) in [6.07, 6.45) is 1.16. The van der Waals surface area contributed by atoms with Crippen molar-refractivity contribution < 1.29 is 9.84 Å². The van der Waals surface area contributed by atoms with Gasteiger partial charge in [0.2, 0.25) is 0 Å². The van der Waals surface area contributed by atoms with Crippen molar-refractivity contribution in [2.45, 2.75) is 20.3 Å². The van der Waals surface area contributed by atoms with Crippen LogP contribution in [0.25, 0.3) is 0 Å². The average Bonchev–Trinajstić information content (AvgIpc) is 2.56. The van der Waals surface area contributed by atoms with Gasteiger partial charge in [-0.05, 0) is 17.8 Å². The molecule has 2 unspecified atom stereocenters. The Morgan fingerprint density at radius 1 is 1.45 bits per heavy atom. The maximum atomic E-state index is 9.01. The van der Waals surface area contributed by atoms with Crippen LogP contribution in [0.2, 0.25) is 0 Å². The van der Waals surface area contributed by atoms with Crippen molar-refractivity contribution in [3.05, 3.63) is 0 Å².